The molecule has 4 nitrogen and oxygen atoms in total. The summed E-state index contributed by atoms with van der Waals surface area (Å²) < 4.78 is 2.01. The molecule has 2 aliphatic heterocycles. The summed E-state index contributed by atoms with van der Waals surface area (Å²) in [5.41, 5.74) is 4.08. The number of fused-ring (bicyclic) bond motifs is 4. The molecule has 0 N–H and O–H groups in total. The van der Waals surface area contributed by atoms with Crippen molar-refractivity contribution >= 4 is 11.6 Å². The van der Waals surface area contributed by atoms with Crippen LogP contribution in [0.5, 0.6) is 0 Å². The summed E-state index contributed by atoms with van der Waals surface area (Å²) in [4.78, 5) is 20.2. The summed E-state index contributed by atoms with van der Waals surface area (Å²) in [5, 5.41) is 0.685. The van der Waals surface area contributed by atoms with Gasteiger partial charge >= 0.3 is 0 Å². The Morgan fingerprint density at radius 2 is 1.86 bits per heavy atom. The quantitative estimate of drug-likeness (QED) is 0.672. The maximum atomic E-state index is 13.2. The number of halogens is 1. The van der Waals surface area contributed by atoms with E-state index in [1.807, 2.05) is 53.2 Å². The van der Waals surface area contributed by atoms with E-state index in [1.54, 1.807) is 0 Å². The molecular formula is C23H22ClN3O. The van der Waals surface area contributed by atoms with Crippen LogP contribution in [0.2, 0.25) is 5.02 Å². The van der Waals surface area contributed by atoms with Crippen molar-refractivity contribution in [3.8, 4) is 11.1 Å². The predicted molar refractivity (Wildman–Crippen MR) is 112 cm³/mol. The number of nitrogens with zero attached hydrogens (tertiary/aromatic N) is 3. The third kappa shape index (κ3) is 3.27. The molecule has 3 aromatic rings. The Kier molecular flexibility index (Phi) is 4.53. The van der Waals surface area contributed by atoms with Gasteiger partial charge in [-0.05, 0) is 54.3 Å². The molecule has 2 atom stereocenters. The van der Waals surface area contributed by atoms with Crippen molar-refractivity contribution in [1.29, 1.82) is 0 Å². The molecule has 0 aliphatic carbocycles. The number of aromatic nitrogens is 2. The standard InChI is InChI=1S/C23H22ClN3O/c24-19-6-4-17(5-7-19)21-8-9-22-18-11-16(13-27(22)23(21)28)12-26(14-18)15-20-3-1-2-10-25-20/h1-10,16,18H,11-15H2/t16-,18-/m1/s1. The van der Waals surface area contributed by atoms with Gasteiger partial charge in [-0.3, -0.25) is 14.7 Å². The van der Waals surface area contributed by atoms with Gasteiger partial charge in [-0.15, -0.1) is 0 Å². The van der Waals surface area contributed by atoms with E-state index in [0.29, 0.717) is 16.9 Å². The topological polar surface area (TPSA) is 38.1 Å². The van der Waals surface area contributed by atoms with Crippen LogP contribution in [0, 0.1) is 5.92 Å². The van der Waals surface area contributed by atoms with Gasteiger partial charge in [0.1, 0.15) is 0 Å². The van der Waals surface area contributed by atoms with E-state index in [0.717, 1.165) is 43.0 Å². The van der Waals surface area contributed by atoms with E-state index in [2.05, 4.69) is 22.0 Å². The van der Waals surface area contributed by atoms with E-state index < -0.39 is 0 Å². The molecule has 2 bridgehead atoms. The average Bonchev–Trinajstić information content (AvgIpc) is 2.70. The van der Waals surface area contributed by atoms with Crippen molar-refractivity contribution in [3.05, 3.63) is 87.6 Å². The van der Waals surface area contributed by atoms with Crippen LogP contribution < -0.4 is 5.56 Å². The first kappa shape index (κ1) is 17.7. The highest BCUT2D eigenvalue weighted by Gasteiger charge is 2.35. The molecule has 142 valence electrons. The number of benzene rings is 1. The van der Waals surface area contributed by atoms with Gasteiger partial charge in [-0.1, -0.05) is 29.8 Å². The van der Waals surface area contributed by atoms with E-state index >= 15 is 0 Å². The molecule has 0 spiro atoms. The lowest BCUT2D eigenvalue weighted by Gasteiger charge is -2.42. The van der Waals surface area contributed by atoms with Crippen LogP contribution in [0.25, 0.3) is 11.1 Å². The molecule has 1 fully saturated rings. The van der Waals surface area contributed by atoms with Crippen LogP contribution in [0.15, 0.2) is 65.6 Å². The smallest absolute Gasteiger partial charge is 0.258 e. The molecular weight excluding hydrogens is 370 g/mol. The van der Waals surface area contributed by atoms with Crippen LogP contribution in [0.4, 0.5) is 0 Å². The maximum absolute atomic E-state index is 13.2. The van der Waals surface area contributed by atoms with E-state index in [4.69, 9.17) is 11.6 Å². The predicted octanol–water partition coefficient (Wildman–Crippen LogP) is 4.18. The first-order valence-electron chi connectivity index (χ1n) is 9.79. The van der Waals surface area contributed by atoms with Gasteiger partial charge in [0.05, 0.1) is 5.69 Å². The first-order chi connectivity index (χ1) is 13.7. The molecule has 28 heavy (non-hydrogen) atoms. The van der Waals surface area contributed by atoms with E-state index in [9.17, 15) is 4.79 Å². The summed E-state index contributed by atoms with van der Waals surface area (Å²) >= 11 is 6.00. The van der Waals surface area contributed by atoms with Crippen LogP contribution in [-0.4, -0.2) is 27.5 Å². The summed E-state index contributed by atoms with van der Waals surface area (Å²) in [7, 11) is 0. The fourth-order valence-corrected chi connectivity index (χ4v) is 4.87. The Balaban J connectivity index is 1.44. The maximum Gasteiger partial charge on any atom is 0.258 e. The zero-order chi connectivity index (χ0) is 19.1. The van der Waals surface area contributed by atoms with Gasteiger partial charge < -0.3 is 4.57 Å². The van der Waals surface area contributed by atoms with Gasteiger partial charge in [-0.2, -0.15) is 0 Å². The minimum Gasteiger partial charge on any atom is -0.311 e. The second-order valence-electron chi connectivity index (χ2n) is 7.91. The Morgan fingerprint density at radius 1 is 1.00 bits per heavy atom. The lowest BCUT2D eigenvalue weighted by Crippen LogP contribution is -2.47. The number of piperidine rings is 1. The van der Waals surface area contributed by atoms with Gasteiger partial charge in [-0.25, -0.2) is 0 Å². The van der Waals surface area contributed by atoms with Gasteiger partial charge in [0.25, 0.3) is 5.56 Å². The molecule has 0 radical (unpaired) electrons. The molecule has 2 aromatic heterocycles. The molecule has 0 amide bonds. The van der Waals surface area contributed by atoms with Crippen molar-refractivity contribution in [2.75, 3.05) is 13.1 Å². The lowest BCUT2D eigenvalue weighted by atomic mass is 9.82. The van der Waals surface area contributed by atoms with Gasteiger partial charge in [0.15, 0.2) is 0 Å². The van der Waals surface area contributed by atoms with Gasteiger partial charge in [0, 0.05) is 54.6 Å². The van der Waals surface area contributed by atoms with E-state index in [1.165, 1.54) is 12.1 Å². The highest BCUT2D eigenvalue weighted by Crippen LogP contribution is 2.36. The summed E-state index contributed by atoms with van der Waals surface area (Å²) in [6.45, 7) is 3.67. The summed E-state index contributed by atoms with van der Waals surface area (Å²) in [5.74, 6) is 0.913. The zero-order valence-corrected chi connectivity index (χ0v) is 16.3. The largest absolute Gasteiger partial charge is 0.311 e. The van der Waals surface area contributed by atoms with Crippen molar-refractivity contribution < 1.29 is 0 Å². The fraction of sp³-hybridized carbons (Fsp3) is 0.304. The first-order valence-corrected chi connectivity index (χ1v) is 10.2. The lowest BCUT2D eigenvalue weighted by molar-refractivity contribution is 0.113. The van der Waals surface area contributed by atoms with Crippen molar-refractivity contribution in [2.45, 2.75) is 25.4 Å². The third-order valence-electron chi connectivity index (χ3n) is 5.95. The zero-order valence-electron chi connectivity index (χ0n) is 15.6. The molecule has 5 rings (SSSR count). The van der Waals surface area contributed by atoms with Crippen LogP contribution >= 0.6 is 11.6 Å². The number of rotatable bonds is 3. The third-order valence-corrected chi connectivity index (χ3v) is 6.20. The number of hydrogen-bond acceptors (Lipinski definition) is 3. The normalized spacial score (nSPS) is 21.3. The minimum atomic E-state index is 0.118. The van der Waals surface area contributed by atoms with Crippen LogP contribution in [-0.2, 0) is 13.1 Å². The second-order valence-corrected chi connectivity index (χ2v) is 8.34. The highest BCUT2D eigenvalue weighted by molar-refractivity contribution is 6.30. The molecule has 1 aromatic carbocycles. The summed E-state index contributed by atoms with van der Waals surface area (Å²) in [6.07, 6.45) is 3.02. The Labute approximate surface area is 169 Å². The van der Waals surface area contributed by atoms with E-state index in [-0.39, 0.29) is 5.56 Å². The second kappa shape index (κ2) is 7.19. The van der Waals surface area contributed by atoms with Crippen LogP contribution in [0.3, 0.4) is 0 Å². The molecule has 0 unspecified atom stereocenters. The number of pyridine rings is 2. The molecule has 0 saturated carbocycles. The van der Waals surface area contributed by atoms with Crippen LogP contribution in [0.1, 0.15) is 23.7 Å². The minimum absolute atomic E-state index is 0.118. The average molecular weight is 392 g/mol. The Hall–Kier alpha value is -2.43. The molecule has 4 heterocycles. The van der Waals surface area contributed by atoms with Crippen molar-refractivity contribution in [2.24, 2.45) is 5.92 Å². The monoisotopic (exact) mass is 391 g/mol. The molecule has 1 saturated heterocycles. The van der Waals surface area contributed by atoms with Gasteiger partial charge in [0.2, 0.25) is 0 Å². The fourth-order valence-electron chi connectivity index (χ4n) is 4.74. The summed E-state index contributed by atoms with van der Waals surface area (Å²) in [6, 6.07) is 17.7. The van der Waals surface area contributed by atoms with Crippen molar-refractivity contribution in [3.63, 3.8) is 0 Å². The highest BCUT2D eigenvalue weighted by atomic mass is 35.5. The molecule has 2 aliphatic rings. The Morgan fingerprint density at radius 3 is 2.64 bits per heavy atom. The Bertz CT molecular complexity index is 1050. The van der Waals surface area contributed by atoms with Crippen molar-refractivity contribution in [1.82, 2.24) is 14.5 Å². The number of hydrogen-bond donors (Lipinski definition) is 0. The SMILES string of the molecule is O=c1c(-c2ccc(Cl)cc2)ccc2n1C[C@@H]1C[C@@H]2CN(Cc2ccccn2)C1. The number of likely N-dealkylation sites (tertiary alicyclic amines) is 1. The molecule has 5 heteroatoms.